The number of ether oxygens (including phenoxy) is 1. The van der Waals surface area contributed by atoms with Crippen molar-refractivity contribution in [1.82, 2.24) is 19.1 Å². The molecule has 3 heterocycles. The van der Waals surface area contributed by atoms with Crippen molar-refractivity contribution in [2.45, 2.75) is 38.8 Å². The van der Waals surface area contributed by atoms with Gasteiger partial charge in [-0.25, -0.2) is 19.0 Å². The quantitative estimate of drug-likeness (QED) is 0.164. The number of thiazole rings is 1. The molecule has 0 radical (unpaired) electrons. The molecule has 13 heteroatoms. The van der Waals surface area contributed by atoms with Crippen LogP contribution >= 0.6 is 52.1 Å². The molecule has 1 aromatic carbocycles. The SMILES string of the molecule is CCOC(=O)c1c(C(Cc2cscn2)=S=O)n(C2CC2)c2cc(Br)c(O)c(Cn3ccnc3)c12.Cl.Cl. The van der Waals surface area contributed by atoms with Gasteiger partial charge in [0.25, 0.3) is 0 Å². The number of aromatic nitrogens is 4. The number of imidazole rings is 1. The summed E-state index contributed by atoms with van der Waals surface area (Å²) in [6, 6.07) is 1.98. The van der Waals surface area contributed by atoms with Crippen LogP contribution in [0.15, 0.2) is 40.2 Å². The highest BCUT2D eigenvalue weighted by atomic mass is 79.9. The smallest absolute Gasteiger partial charge is 0.341 e. The highest BCUT2D eigenvalue weighted by Crippen LogP contribution is 2.46. The van der Waals surface area contributed by atoms with Gasteiger partial charge in [-0.2, -0.15) is 0 Å². The molecule has 0 saturated heterocycles. The van der Waals surface area contributed by atoms with E-state index in [1.54, 1.807) is 31.2 Å². The predicted molar refractivity (Wildman–Crippen MR) is 149 cm³/mol. The molecular formula is C23H23BrCl2N4O4S2. The van der Waals surface area contributed by atoms with Gasteiger partial charge in [0.15, 0.2) is 0 Å². The van der Waals surface area contributed by atoms with Crippen LogP contribution in [0.1, 0.15) is 53.1 Å². The van der Waals surface area contributed by atoms with Gasteiger partial charge in [0.2, 0.25) is 0 Å². The summed E-state index contributed by atoms with van der Waals surface area (Å²) in [5.41, 5.74) is 4.72. The molecule has 1 aliphatic rings. The Morgan fingerprint density at radius 3 is 2.72 bits per heavy atom. The molecular weight excluding hydrogens is 611 g/mol. The number of aromatic hydroxyl groups is 1. The molecule has 1 aliphatic carbocycles. The third kappa shape index (κ3) is 5.26. The van der Waals surface area contributed by atoms with Crippen molar-refractivity contribution in [3.8, 4) is 5.75 Å². The fraction of sp³-hybridized carbons (Fsp3) is 0.304. The fourth-order valence-electron chi connectivity index (χ4n) is 4.25. The van der Waals surface area contributed by atoms with Gasteiger partial charge in [0.1, 0.15) is 5.75 Å². The van der Waals surface area contributed by atoms with Crippen LogP contribution in [0.5, 0.6) is 5.75 Å². The summed E-state index contributed by atoms with van der Waals surface area (Å²) < 4.78 is 22.4. The number of nitrogens with zero attached hydrogens (tertiary/aromatic N) is 4. The standard InChI is InChI=1S/C23H21BrN4O4S2.2ClH/c1-2-32-23(30)20-19-15(9-27-6-5-25-11-27)22(29)16(24)8-17(19)28(14-3-4-14)21(20)18(34-31)7-13-10-33-12-26-13;;/h5-6,8,10-12,14,29H,2-4,7,9H2,1H3;2*1H. The summed E-state index contributed by atoms with van der Waals surface area (Å²) >= 11 is 5.33. The Morgan fingerprint density at radius 2 is 2.14 bits per heavy atom. The first-order chi connectivity index (χ1) is 16.5. The molecule has 0 atom stereocenters. The number of fused-ring (bicyclic) bond motifs is 1. The maximum atomic E-state index is 13.4. The summed E-state index contributed by atoms with van der Waals surface area (Å²) in [6.45, 7) is 2.24. The summed E-state index contributed by atoms with van der Waals surface area (Å²) in [5.74, 6) is -0.470. The third-order valence-electron chi connectivity index (χ3n) is 5.80. The summed E-state index contributed by atoms with van der Waals surface area (Å²) in [4.78, 5) is 22.4. The number of hydrogen-bond acceptors (Lipinski definition) is 7. The van der Waals surface area contributed by atoms with E-state index in [1.807, 2.05) is 16.0 Å². The lowest BCUT2D eigenvalue weighted by Gasteiger charge is -2.12. The highest BCUT2D eigenvalue weighted by molar-refractivity contribution is 9.10. The Hall–Kier alpha value is -2.18. The van der Waals surface area contributed by atoms with Crippen LogP contribution in [0.4, 0.5) is 0 Å². The molecule has 1 saturated carbocycles. The molecule has 0 unspecified atom stereocenters. The number of benzene rings is 1. The molecule has 8 nitrogen and oxygen atoms in total. The Labute approximate surface area is 235 Å². The van der Waals surface area contributed by atoms with E-state index in [9.17, 15) is 14.1 Å². The minimum absolute atomic E-state index is 0. The molecule has 0 bridgehead atoms. The Bertz CT molecular complexity index is 1430. The number of halogens is 3. The van der Waals surface area contributed by atoms with Crippen molar-refractivity contribution < 1.29 is 18.8 Å². The molecule has 192 valence electrons. The van der Waals surface area contributed by atoms with E-state index >= 15 is 0 Å². The topological polar surface area (TPSA) is 99.2 Å². The summed E-state index contributed by atoms with van der Waals surface area (Å²) in [7, 11) is 0. The molecule has 0 amide bonds. The second kappa shape index (κ2) is 11.9. The lowest BCUT2D eigenvalue weighted by Crippen LogP contribution is -2.17. The zero-order valence-electron chi connectivity index (χ0n) is 19.0. The van der Waals surface area contributed by atoms with Gasteiger partial charge in [0, 0.05) is 41.2 Å². The second-order valence-electron chi connectivity index (χ2n) is 8.02. The first kappa shape index (κ1) is 28.4. The third-order valence-corrected chi connectivity index (χ3v) is 7.58. The summed E-state index contributed by atoms with van der Waals surface area (Å²) in [6.07, 6.45) is 7.32. The Kier molecular flexibility index (Phi) is 9.39. The van der Waals surface area contributed by atoms with Gasteiger partial charge in [-0.1, -0.05) is 0 Å². The van der Waals surface area contributed by atoms with E-state index in [0.29, 0.717) is 55.8 Å². The minimum Gasteiger partial charge on any atom is -0.506 e. The molecule has 0 aliphatic heterocycles. The minimum atomic E-state index is -0.514. The average Bonchev–Trinajstić information content (AvgIpc) is 3.20. The molecule has 0 spiro atoms. The van der Waals surface area contributed by atoms with Gasteiger partial charge in [-0.15, -0.1) is 36.2 Å². The number of carbonyl (C=O) groups excluding carboxylic acids is 1. The molecule has 4 aromatic rings. The van der Waals surface area contributed by atoms with Gasteiger partial charge in [-0.3, -0.25) is 0 Å². The van der Waals surface area contributed by atoms with Crippen molar-refractivity contribution >= 4 is 85.1 Å². The van der Waals surface area contributed by atoms with Crippen LogP contribution in [0.25, 0.3) is 10.9 Å². The zero-order valence-corrected chi connectivity index (χ0v) is 23.9. The van der Waals surface area contributed by atoms with E-state index in [0.717, 1.165) is 24.1 Å². The van der Waals surface area contributed by atoms with Crippen molar-refractivity contribution in [2.75, 3.05) is 6.61 Å². The molecule has 3 aromatic heterocycles. The number of phenolic OH excluding ortho intramolecular Hbond substituents is 1. The normalized spacial score (nSPS) is 12.6. The predicted octanol–water partition coefficient (Wildman–Crippen LogP) is 5.14. The van der Waals surface area contributed by atoms with Gasteiger partial charge in [0.05, 0.1) is 68.1 Å². The Morgan fingerprint density at radius 1 is 1.36 bits per heavy atom. The van der Waals surface area contributed by atoms with Gasteiger partial charge >= 0.3 is 5.97 Å². The number of esters is 1. The maximum absolute atomic E-state index is 13.4. The van der Waals surface area contributed by atoms with Crippen molar-refractivity contribution in [3.05, 3.63) is 62.7 Å². The average molecular weight is 634 g/mol. The summed E-state index contributed by atoms with van der Waals surface area (Å²) in [5, 5.41) is 13.6. The van der Waals surface area contributed by atoms with Crippen LogP contribution in [-0.2, 0) is 29.0 Å². The number of phenols is 1. The first-order valence-electron chi connectivity index (χ1n) is 10.8. The number of carbonyl (C=O) groups is 1. The molecule has 36 heavy (non-hydrogen) atoms. The van der Waals surface area contributed by atoms with E-state index in [-0.39, 0.29) is 43.2 Å². The fourth-order valence-corrected chi connectivity index (χ4v) is 5.75. The van der Waals surface area contributed by atoms with E-state index < -0.39 is 5.97 Å². The number of hydrogen-bond donors (Lipinski definition) is 1. The van der Waals surface area contributed by atoms with E-state index in [4.69, 9.17) is 4.74 Å². The van der Waals surface area contributed by atoms with Crippen LogP contribution < -0.4 is 0 Å². The maximum Gasteiger partial charge on any atom is 0.341 e. The van der Waals surface area contributed by atoms with Crippen LogP contribution in [0, 0.1) is 0 Å². The first-order valence-corrected chi connectivity index (χ1v) is 13.2. The molecule has 5 rings (SSSR count). The van der Waals surface area contributed by atoms with Crippen molar-refractivity contribution in [3.63, 3.8) is 0 Å². The van der Waals surface area contributed by atoms with Crippen LogP contribution in [0.3, 0.4) is 0 Å². The lowest BCUT2D eigenvalue weighted by atomic mass is 10.0. The number of rotatable bonds is 8. The van der Waals surface area contributed by atoms with Crippen molar-refractivity contribution in [2.24, 2.45) is 0 Å². The van der Waals surface area contributed by atoms with E-state index in [1.165, 1.54) is 11.3 Å². The Balaban J connectivity index is 0.00000180. The monoisotopic (exact) mass is 632 g/mol. The second-order valence-corrected chi connectivity index (χ2v) is 10.3. The van der Waals surface area contributed by atoms with Crippen LogP contribution in [0.2, 0.25) is 0 Å². The zero-order chi connectivity index (χ0) is 23.8. The van der Waals surface area contributed by atoms with E-state index in [2.05, 4.69) is 30.5 Å². The van der Waals surface area contributed by atoms with Crippen molar-refractivity contribution in [1.29, 1.82) is 0 Å². The largest absolute Gasteiger partial charge is 0.506 e. The van der Waals surface area contributed by atoms with Crippen LogP contribution in [-0.4, -0.2) is 45.9 Å². The lowest BCUT2D eigenvalue weighted by molar-refractivity contribution is 0.0528. The molecule has 1 fully saturated rings. The van der Waals surface area contributed by atoms with Gasteiger partial charge < -0.3 is 19.0 Å². The highest BCUT2D eigenvalue weighted by Gasteiger charge is 2.36. The van der Waals surface area contributed by atoms with Gasteiger partial charge in [-0.05, 0) is 41.8 Å². The molecule has 1 N–H and O–H groups in total.